The number of hydrazone groups is 1. The van der Waals surface area contributed by atoms with E-state index in [0.29, 0.717) is 23.6 Å². The van der Waals surface area contributed by atoms with Crippen molar-refractivity contribution >= 4 is 11.6 Å². The Morgan fingerprint density at radius 3 is 2.46 bits per heavy atom. The number of amides is 1. The predicted octanol–water partition coefficient (Wildman–Crippen LogP) is 3.15. The number of nitrogens with zero attached hydrogens (tertiary/aromatic N) is 1. The summed E-state index contributed by atoms with van der Waals surface area (Å²) in [7, 11) is 3.11. The van der Waals surface area contributed by atoms with E-state index in [4.69, 9.17) is 14.2 Å². The van der Waals surface area contributed by atoms with Crippen LogP contribution in [0.2, 0.25) is 0 Å². The first-order valence-corrected chi connectivity index (χ1v) is 8.04. The maximum atomic E-state index is 13.5. The van der Waals surface area contributed by atoms with Gasteiger partial charge in [-0.15, -0.1) is 0 Å². The van der Waals surface area contributed by atoms with Gasteiger partial charge in [0.25, 0.3) is 5.91 Å². The molecule has 2 rings (SSSR count). The highest BCUT2D eigenvalue weighted by Gasteiger charge is 2.10. The van der Waals surface area contributed by atoms with Crippen molar-refractivity contribution in [2.45, 2.75) is 13.3 Å². The SMILES string of the molecule is CC/C(=N\NC(=O)COc1ccccc1F)c1ccc(OC)c(OC)c1. The smallest absolute Gasteiger partial charge is 0.277 e. The van der Waals surface area contributed by atoms with Crippen LogP contribution in [0, 0.1) is 5.82 Å². The molecule has 6 nitrogen and oxygen atoms in total. The van der Waals surface area contributed by atoms with Gasteiger partial charge < -0.3 is 14.2 Å². The van der Waals surface area contributed by atoms with Gasteiger partial charge in [-0.25, -0.2) is 9.82 Å². The fourth-order valence-corrected chi connectivity index (χ4v) is 2.23. The number of hydrogen-bond acceptors (Lipinski definition) is 5. The predicted molar refractivity (Wildman–Crippen MR) is 96.4 cm³/mol. The number of methoxy groups -OCH3 is 2. The Morgan fingerprint density at radius 1 is 1.08 bits per heavy atom. The zero-order valence-corrected chi connectivity index (χ0v) is 14.9. The van der Waals surface area contributed by atoms with Gasteiger partial charge >= 0.3 is 0 Å². The third kappa shape index (κ3) is 4.95. The molecule has 0 heterocycles. The van der Waals surface area contributed by atoms with E-state index in [9.17, 15) is 9.18 Å². The first kappa shape index (κ1) is 19.2. The molecule has 1 amide bonds. The van der Waals surface area contributed by atoms with Crippen LogP contribution < -0.4 is 19.6 Å². The molecule has 0 aromatic heterocycles. The van der Waals surface area contributed by atoms with Gasteiger partial charge in [0.05, 0.1) is 19.9 Å². The van der Waals surface area contributed by atoms with Crippen LogP contribution in [0.3, 0.4) is 0 Å². The lowest BCUT2D eigenvalue weighted by Gasteiger charge is -2.11. The Morgan fingerprint density at radius 2 is 1.81 bits per heavy atom. The molecule has 0 spiro atoms. The minimum absolute atomic E-state index is 0.0160. The number of ether oxygens (including phenoxy) is 3. The molecule has 0 radical (unpaired) electrons. The van der Waals surface area contributed by atoms with Gasteiger partial charge in [-0.2, -0.15) is 5.10 Å². The number of carbonyl (C=O) groups is 1. The third-order valence-electron chi connectivity index (χ3n) is 3.56. The van der Waals surface area contributed by atoms with Crippen LogP contribution in [0.25, 0.3) is 0 Å². The molecule has 0 aliphatic carbocycles. The molecule has 138 valence electrons. The quantitative estimate of drug-likeness (QED) is 0.580. The molecule has 1 N–H and O–H groups in total. The van der Waals surface area contributed by atoms with Gasteiger partial charge in [0.1, 0.15) is 0 Å². The van der Waals surface area contributed by atoms with Crippen LogP contribution in [-0.2, 0) is 4.79 Å². The second-order valence-electron chi connectivity index (χ2n) is 5.24. The van der Waals surface area contributed by atoms with Gasteiger partial charge in [-0.3, -0.25) is 4.79 Å². The number of halogens is 1. The monoisotopic (exact) mass is 360 g/mol. The molecule has 0 saturated heterocycles. The normalized spacial score (nSPS) is 11.0. The van der Waals surface area contributed by atoms with E-state index < -0.39 is 11.7 Å². The molecule has 7 heteroatoms. The lowest BCUT2D eigenvalue weighted by atomic mass is 10.1. The Labute approximate surface area is 151 Å². The topological polar surface area (TPSA) is 69.2 Å². The molecule has 0 aliphatic rings. The van der Waals surface area contributed by atoms with E-state index in [1.54, 1.807) is 38.5 Å². The molecule has 0 bridgehead atoms. The summed E-state index contributed by atoms with van der Waals surface area (Å²) >= 11 is 0. The Hall–Kier alpha value is -3.09. The van der Waals surface area contributed by atoms with Crippen molar-refractivity contribution in [1.82, 2.24) is 5.43 Å². The fourth-order valence-electron chi connectivity index (χ4n) is 2.23. The van der Waals surface area contributed by atoms with Crippen LogP contribution in [0.4, 0.5) is 4.39 Å². The number of nitrogens with one attached hydrogen (secondary N) is 1. The van der Waals surface area contributed by atoms with Gasteiger partial charge in [0.2, 0.25) is 0 Å². The summed E-state index contributed by atoms with van der Waals surface area (Å²) in [5.74, 6) is 0.180. The van der Waals surface area contributed by atoms with Crippen molar-refractivity contribution in [3.63, 3.8) is 0 Å². The first-order chi connectivity index (χ1) is 12.6. The van der Waals surface area contributed by atoms with Crippen LogP contribution in [0.1, 0.15) is 18.9 Å². The minimum atomic E-state index is -0.525. The average molecular weight is 360 g/mol. The molecule has 0 aliphatic heterocycles. The van der Waals surface area contributed by atoms with E-state index in [0.717, 1.165) is 5.56 Å². The van der Waals surface area contributed by atoms with Gasteiger partial charge in [-0.1, -0.05) is 19.1 Å². The van der Waals surface area contributed by atoms with Gasteiger partial charge in [0.15, 0.2) is 29.7 Å². The summed E-state index contributed by atoms with van der Waals surface area (Å²) < 4.78 is 29.1. The van der Waals surface area contributed by atoms with E-state index in [-0.39, 0.29) is 12.4 Å². The highest BCUT2D eigenvalue weighted by Crippen LogP contribution is 2.28. The summed E-state index contributed by atoms with van der Waals surface area (Å²) in [6.45, 7) is 1.57. The summed E-state index contributed by atoms with van der Waals surface area (Å²) in [4.78, 5) is 11.9. The Kier molecular flexibility index (Phi) is 6.96. The molecule has 26 heavy (non-hydrogen) atoms. The zero-order valence-electron chi connectivity index (χ0n) is 14.9. The van der Waals surface area contributed by atoms with Crippen LogP contribution in [0.15, 0.2) is 47.6 Å². The van der Waals surface area contributed by atoms with E-state index >= 15 is 0 Å². The standard InChI is InChI=1S/C19H21FN2O4/c1-4-15(13-9-10-17(24-2)18(11-13)25-3)21-22-19(23)12-26-16-8-6-5-7-14(16)20/h5-11H,4,12H2,1-3H3,(H,22,23)/b21-15+. The number of carbonyl (C=O) groups excluding carboxylic acids is 1. The first-order valence-electron chi connectivity index (χ1n) is 8.04. The van der Waals surface area contributed by atoms with Crippen LogP contribution >= 0.6 is 0 Å². The Bertz CT molecular complexity index is 793. The highest BCUT2D eigenvalue weighted by molar-refractivity contribution is 6.01. The molecular weight excluding hydrogens is 339 g/mol. The maximum absolute atomic E-state index is 13.5. The summed E-state index contributed by atoms with van der Waals surface area (Å²) in [5.41, 5.74) is 3.87. The molecule has 0 fully saturated rings. The average Bonchev–Trinajstić information content (AvgIpc) is 2.67. The molecule has 2 aromatic carbocycles. The van der Waals surface area contributed by atoms with E-state index in [1.165, 1.54) is 12.1 Å². The summed E-state index contributed by atoms with van der Waals surface area (Å²) in [5, 5.41) is 4.12. The van der Waals surface area contributed by atoms with Crippen molar-refractivity contribution in [1.29, 1.82) is 0 Å². The molecular formula is C19H21FN2O4. The number of hydrogen-bond donors (Lipinski definition) is 1. The van der Waals surface area contributed by atoms with Gasteiger partial charge in [0, 0.05) is 5.56 Å². The van der Waals surface area contributed by atoms with Crippen molar-refractivity contribution in [3.05, 3.63) is 53.8 Å². The lowest BCUT2D eigenvalue weighted by molar-refractivity contribution is -0.123. The fraction of sp³-hybridized carbons (Fsp3) is 0.263. The minimum Gasteiger partial charge on any atom is -0.493 e. The third-order valence-corrected chi connectivity index (χ3v) is 3.56. The number of rotatable bonds is 8. The van der Waals surface area contributed by atoms with Crippen molar-refractivity contribution in [2.75, 3.05) is 20.8 Å². The molecule has 0 saturated carbocycles. The van der Waals surface area contributed by atoms with Crippen molar-refractivity contribution in [3.8, 4) is 17.2 Å². The van der Waals surface area contributed by atoms with Crippen molar-refractivity contribution < 1.29 is 23.4 Å². The van der Waals surface area contributed by atoms with Crippen LogP contribution in [-0.4, -0.2) is 32.4 Å². The second kappa shape index (κ2) is 9.41. The number of para-hydroxylation sites is 1. The summed E-state index contributed by atoms with van der Waals surface area (Å²) in [6, 6.07) is 11.3. The largest absolute Gasteiger partial charge is 0.493 e. The highest BCUT2D eigenvalue weighted by atomic mass is 19.1. The number of benzene rings is 2. The molecule has 0 atom stereocenters. The summed E-state index contributed by atoms with van der Waals surface area (Å²) in [6.07, 6.45) is 0.587. The lowest BCUT2D eigenvalue weighted by Crippen LogP contribution is -2.26. The Balaban J connectivity index is 2.02. The second-order valence-corrected chi connectivity index (χ2v) is 5.24. The maximum Gasteiger partial charge on any atom is 0.277 e. The van der Waals surface area contributed by atoms with E-state index in [2.05, 4.69) is 10.5 Å². The molecule has 0 unspecified atom stereocenters. The zero-order chi connectivity index (χ0) is 18.9. The van der Waals surface area contributed by atoms with Crippen LogP contribution in [0.5, 0.6) is 17.2 Å². The van der Waals surface area contributed by atoms with Gasteiger partial charge in [-0.05, 0) is 36.8 Å². The van der Waals surface area contributed by atoms with Crippen molar-refractivity contribution in [2.24, 2.45) is 5.10 Å². The molecule has 2 aromatic rings. The van der Waals surface area contributed by atoms with E-state index in [1.807, 2.05) is 13.0 Å².